The molecule has 3 nitrogen and oxygen atoms in total. The van der Waals surface area contributed by atoms with E-state index >= 15 is 0 Å². The van der Waals surface area contributed by atoms with Crippen molar-refractivity contribution in [3.63, 3.8) is 0 Å². The Balaban J connectivity index is 1.85. The topological polar surface area (TPSA) is 46.3 Å². The summed E-state index contributed by atoms with van der Waals surface area (Å²) in [7, 11) is 0. The highest BCUT2D eigenvalue weighted by atomic mass is 16.2. The van der Waals surface area contributed by atoms with Crippen molar-refractivity contribution >= 4 is 17.3 Å². The molecule has 2 aliphatic rings. The van der Waals surface area contributed by atoms with Crippen LogP contribution in [0.15, 0.2) is 18.2 Å². The zero-order valence-corrected chi connectivity index (χ0v) is 10.9. The lowest BCUT2D eigenvalue weighted by Crippen LogP contribution is -2.35. The molecule has 1 amide bonds. The molecule has 1 fully saturated rings. The molecule has 0 radical (unpaired) electrons. The third kappa shape index (κ3) is 1.78. The number of carbonyl (C=O) groups is 1. The molecule has 96 valence electrons. The minimum Gasteiger partial charge on any atom is -0.399 e. The van der Waals surface area contributed by atoms with E-state index in [-0.39, 0.29) is 5.92 Å². The lowest BCUT2D eigenvalue weighted by atomic mass is 9.96. The van der Waals surface area contributed by atoms with Crippen molar-refractivity contribution in [1.82, 2.24) is 0 Å². The first-order valence-electron chi connectivity index (χ1n) is 6.86. The van der Waals surface area contributed by atoms with E-state index in [1.807, 2.05) is 23.1 Å². The first-order valence-corrected chi connectivity index (χ1v) is 6.86. The summed E-state index contributed by atoms with van der Waals surface area (Å²) in [5.41, 5.74) is 8.88. The Bertz CT molecular complexity index is 483. The van der Waals surface area contributed by atoms with Crippen molar-refractivity contribution < 1.29 is 4.79 Å². The zero-order valence-electron chi connectivity index (χ0n) is 10.9. The Labute approximate surface area is 108 Å². The lowest BCUT2D eigenvalue weighted by Gasteiger charge is -2.23. The molecule has 2 N–H and O–H groups in total. The van der Waals surface area contributed by atoms with Gasteiger partial charge in [-0.05, 0) is 48.9 Å². The van der Waals surface area contributed by atoms with Gasteiger partial charge in [-0.25, -0.2) is 0 Å². The molecule has 1 aromatic rings. The van der Waals surface area contributed by atoms with Crippen LogP contribution in [0.2, 0.25) is 0 Å². The van der Waals surface area contributed by atoms with Crippen LogP contribution >= 0.6 is 0 Å². The predicted octanol–water partition coefficient (Wildman–Crippen LogP) is 2.59. The average Bonchev–Trinajstić information content (AvgIpc) is 2.94. The highest BCUT2D eigenvalue weighted by molar-refractivity contribution is 5.97. The number of nitrogens with two attached hydrogens (primary N) is 1. The molecule has 0 bridgehead atoms. The van der Waals surface area contributed by atoms with Crippen LogP contribution < -0.4 is 10.6 Å². The van der Waals surface area contributed by atoms with E-state index in [2.05, 4.69) is 6.92 Å². The summed E-state index contributed by atoms with van der Waals surface area (Å²) in [5, 5.41) is 0. The molecule has 1 aromatic carbocycles. The van der Waals surface area contributed by atoms with E-state index in [0.29, 0.717) is 11.8 Å². The summed E-state index contributed by atoms with van der Waals surface area (Å²) >= 11 is 0. The molecule has 3 rings (SSSR count). The normalized spacial score (nSPS) is 26.4. The standard InChI is InChI=1S/C15H20N2O/c1-10-3-2-4-13(10)15(18)17-8-7-11-9-12(16)5-6-14(11)17/h5-6,9-10,13H,2-4,7-8,16H2,1H3. The quantitative estimate of drug-likeness (QED) is 0.772. The van der Waals surface area contributed by atoms with Crippen LogP contribution in [0.4, 0.5) is 11.4 Å². The molecule has 2 unspecified atom stereocenters. The van der Waals surface area contributed by atoms with Crippen LogP contribution in [0.25, 0.3) is 0 Å². The number of nitrogen functional groups attached to an aromatic ring is 1. The Morgan fingerprint density at radius 3 is 2.94 bits per heavy atom. The molecule has 18 heavy (non-hydrogen) atoms. The van der Waals surface area contributed by atoms with Crippen LogP contribution in [0.3, 0.4) is 0 Å². The van der Waals surface area contributed by atoms with E-state index in [4.69, 9.17) is 5.73 Å². The van der Waals surface area contributed by atoms with Crippen molar-refractivity contribution in [3.8, 4) is 0 Å². The van der Waals surface area contributed by atoms with Gasteiger partial charge in [-0.1, -0.05) is 13.3 Å². The smallest absolute Gasteiger partial charge is 0.230 e. The molecule has 2 atom stereocenters. The molecular formula is C15H20N2O. The van der Waals surface area contributed by atoms with Gasteiger partial charge in [-0.15, -0.1) is 0 Å². The second kappa shape index (κ2) is 4.30. The second-order valence-electron chi connectivity index (χ2n) is 5.64. The lowest BCUT2D eigenvalue weighted by molar-refractivity contribution is -0.123. The molecule has 0 saturated heterocycles. The van der Waals surface area contributed by atoms with Crippen molar-refractivity contribution in [3.05, 3.63) is 23.8 Å². The maximum atomic E-state index is 12.6. The molecule has 1 aliphatic carbocycles. The van der Waals surface area contributed by atoms with E-state index < -0.39 is 0 Å². The highest BCUT2D eigenvalue weighted by Gasteiger charge is 2.35. The summed E-state index contributed by atoms with van der Waals surface area (Å²) in [5.74, 6) is 1.09. The van der Waals surface area contributed by atoms with Crippen LogP contribution in [0, 0.1) is 11.8 Å². The number of hydrogen-bond acceptors (Lipinski definition) is 2. The van der Waals surface area contributed by atoms with Gasteiger partial charge in [0.15, 0.2) is 0 Å². The summed E-state index contributed by atoms with van der Waals surface area (Å²) in [6, 6.07) is 5.89. The van der Waals surface area contributed by atoms with Gasteiger partial charge in [-0.3, -0.25) is 4.79 Å². The van der Waals surface area contributed by atoms with Gasteiger partial charge >= 0.3 is 0 Å². The fourth-order valence-electron chi connectivity index (χ4n) is 3.36. The van der Waals surface area contributed by atoms with Gasteiger partial charge in [-0.2, -0.15) is 0 Å². The average molecular weight is 244 g/mol. The number of hydrogen-bond donors (Lipinski definition) is 1. The number of nitrogens with zero attached hydrogens (tertiary/aromatic N) is 1. The Kier molecular flexibility index (Phi) is 2.77. The maximum absolute atomic E-state index is 12.6. The number of fused-ring (bicyclic) bond motifs is 1. The molecule has 0 spiro atoms. The van der Waals surface area contributed by atoms with Crippen LogP contribution in [0.5, 0.6) is 0 Å². The van der Waals surface area contributed by atoms with Gasteiger partial charge in [0.05, 0.1) is 0 Å². The fourth-order valence-corrected chi connectivity index (χ4v) is 3.36. The fraction of sp³-hybridized carbons (Fsp3) is 0.533. The largest absolute Gasteiger partial charge is 0.399 e. The molecule has 3 heteroatoms. The molecule has 1 aliphatic heterocycles. The Morgan fingerprint density at radius 1 is 1.39 bits per heavy atom. The number of carbonyl (C=O) groups excluding carboxylic acids is 1. The third-order valence-electron chi connectivity index (χ3n) is 4.44. The number of amides is 1. The summed E-state index contributed by atoms with van der Waals surface area (Å²) in [4.78, 5) is 14.6. The molecule has 0 aromatic heterocycles. The van der Waals surface area contributed by atoms with E-state index in [9.17, 15) is 4.79 Å². The van der Waals surface area contributed by atoms with Crippen molar-refractivity contribution in [2.45, 2.75) is 32.6 Å². The number of anilines is 2. The highest BCUT2D eigenvalue weighted by Crippen LogP contribution is 2.37. The van der Waals surface area contributed by atoms with E-state index in [1.165, 1.54) is 18.4 Å². The first-order chi connectivity index (χ1) is 8.66. The van der Waals surface area contributed by atoms with Crippen LogP contribution in [0.1, 0.15) is 31.7 Å². The van der Waals surface area contributed by atoms with Gasteiger partial charge in [0.2, 0.25) is 5.91 Å². The molecule has 1 saturated carbocycles. The van der Waals surface area contributed by atoms with Gasteiger partial charge in [0, 0.05) is 23.8 Å². The monoisotopic (exact) mass is 244 g/mol. The summed E-state index contributed by atoms with van der Waals surface area (Å²) in [6.45, 7) is 3.02. The minimum absolute atomic E-state index is 0.230. The third-order valence-corrected chi connectivity index (χ3v) is 4.44. The summed E-state index contributed by atoms with van der Waals surface area (Å²) < 4.78 is 0. The SMILES string of the molecule is CC1CCCC1C(=O)N1CCc2cc(N)ccc21. The van der Waals surface area contributed by atoms with E-state index in [0.717, 1.165) is 30.8 Å². The summed E-state index contributed by atoms with van der Waals surface area (Å²) in [6.07, 6.45) is 4.38. The van der Waals surface area contributed by atoms with Gasteiger partial charge in [0.25, 0.3) is 0 Å². The van der Waals surface area contributed by atoms with Crippen LogP contribution in [-0.2, 0) is 11.2 Å². The minimum atomic E-state index is 0.230. The van der Waals surface area contributed by atoms with Crippen molar-refractivity contribution in [1.29, 1.82) is 0 Å². The van der Waals surface area contributed by atoms with Crippen molar-refractivity contribution in [2.24, 2.45) is 11.8 Å². The van der Waals surface area contributed by atoms with Crippen LogP contribution in [-0.4, -0.2) is 12.5 Å². The number of rotatable bonds is 1. The Hall–Kier alpha value is -1.51. The first kappa shape index (κ1) is 11.6. The predicted molar refractivity (Wildman–Crippen MR) is 73.4 cm³/mol. The van der Waals surface area contributed by atoms with E-state index in [1.54, 1.807) is 0 Å². The number of benzene rings is 1. The Morgan fingerprint density at radius 2 is 2.22 bits per heavy atom. The maximum Gasteiger partial charge on any atom is 0.230 e. The zero-order chi connectivity index (χ0) is 12.7. The van der Waals surface area contributed by atoms with Crippen molar-refractivity contribution in [2.75, 3.05) is 17.2 Å². The van der Waals surface area contributed by atoms with Gasteiger partial charge < -0.3 is 10.6 Å². The second-order valence-corrected chi connectivity index (χ2v) is 5.64. The van der Waals surface area contributed by atoms with Gasteiger partial charge in [0.1, 0.15) is 0 Å². The molecular weight excluding hydrogens is 224 g/mol. The molecule has 1 heterocycles.